The van der Waals surface area contributed by atoms with E-state index in [-0.39, 0.29) is 23.6 Å². The lowest BCUT2D eigenvalue weighted by Crippen LogP contribution is -2.24. The summed E-state index contributed by atoms with van der Waals surface area (Å²) in [6.45, 7) is 1.39. The molecule has 0 aromatic heterocycles. The standard InChI is InChI=1S/C15H16FNO3S/c1-11-14(16)6-3-7-15(11)21(19,20)17-9-12-4-2-5-13(8-12)10-18/h2-8,17-18H,9-10H2,1H3. The number of nitrogens with one attached hydrogen (secondary N) is 1. The molecule has 0 heterocycles. The highest BCUT2D eigenvalue weighted by Gasteiger charge is 2.18. The Hall–Kier alpha value is -1.76. The van der Waals surface area contributed by atoms with Crippen LogP contribution in [0.4, 0.5) is 4.39 Å². The van der Waals surface area contributed by atoms with Crippen LogP contribution in [0.25, 0.3) is 0 Å². The Morgan fingerprint density at radius 3 is 2.52 bits per heavy atom. The normalized spacial score (nSPS) is 11.6. The number of aliphatic hydroxyl groups excluding tert-OH is 1. The molecule has 6 heteroatoms. The first kappa shape index (κ1) is 15.6. The van der Waals surface area contributed by atoms with Crippen LogP contribution in [0, 0.1) is 12.7 Å². The van der Waals surface area contributed by atoms with Gasteiger partial charge >= 0.3 is 0 Å². The lowest BCUT2D eigenvalue weighted by atomic mass is 10.1. The summed E-state index contributed by atoms with van der Waals surface area (Å²) in [6.07, 6.45) is 0. The third-order valence-corrected chi connectivity index (χ3v) is 4.69. The minimum absolute atomic E-state index is 0.0687. The zero-order valence-electron chi connectivity index (χ0n) is 11.5. The van der Waals surface area contributed by atoms with Crippen molar-refractivity contribution in [3.8, 4) is 0 Å². The molecule has 0 atom stereocenters. The largest absolute Gasteiger partial charge is 0.392 e. The summed E-state index contributed by atoms with van der Waals surface area (Å²) in [5.74, 6) is -0.555. The van der Waals surface area contributed by atoms with Crippen LogP contribution >= 0.6 is 0 Å². The van der Waals surface area contributed by atoms with E-state index in [0.29, 0.717) is 5.56 Å². The molecule has 0 saturated carbocycles. The third kappa shape index (κ3) is 3.66. The number of rotatable bonds is 5. The molecule has 2 N–H and O–H groups in total. The molecule has 112 valence electrons. The van der Waals surface area contributed by atoms with Crippen LogP contribution < -0.4 is 4.72 Å². The quantitative estimate of drug-likeness (QED) is 0.889. The van der Waals surface area contributed by atoms with Gasteiger partial charge in [-0.25, -0.2) is 17.5 Å². The fourth-order valence-electron chi connectivity index (χ4n) is 1.97. The molecule has 4 nitrogen and oxygen atoms in total. The van der Waals surface area contributed by atoms with Crippen molar-refractivity contribution in [2.75, 3.05) is 0 Å². The van der Waals surface area contributed by atoms with Gasteiger partial charge in [0.15, 0.2) is 0 Å². The van der Waals surface area contributed by atoms with E-state index >= 15 is 0 Å². The van der Waals surface area contributed by atoms with Crippen LogP contribution in [0.5, 0.6) is 0 Å². The Bertz CT molecular complexity index is 744. The van der Waals surface area contributed by atoms with Crippen LogP contribution in [-0.2, 0) is 23.2 Å². The minimum atomic E-state index is -3.78. The van der Waals surface area contributed by atoms with Crippen molar-refractivity contribution in [1.29, 1.82) is 0 Å². The second kappa shape index (κ2) is 6.34. The molecule has 2 rings (SSSR count). The molecule has 0 bridgehead atoms. The highest BCUT2D eigenvalue weighted by Crippen LogP contribution is 2.18. The van der Waals surface area contributed by atoms with E-state index in [9.17, 15) is 12.8 Å². The van der Waals surface area contributed by atoms with Gasteiger partial charge in [0.1, 0.15) is 5.82 Å². The maximum absolute atomic E-state index is 13.5. The molecule has 0 spiro atoms. The summed E-state index contributed by atoms with van der Waals surface area (Å²) < 4.78 is 40.3. The Morgan fingerprint density at radius 1 is 1.14 bits per heavy atom. The number of hydrogen-bond acceptors (Lipinski definition) is 3. The van der Waals surface area contributed by atoms with E-state index in [0.717, 1.165) is 5.56 Å². The van der Waals surface area contributed by atoms with E-state index in [1.165, 1.54) is 25.1 Å². The number of aliphatic hydroxyl groups is 1. The molecule has 0 aliphatic rings. The Labute approximate surface area is 123 Å². The molecule has 2 aromatic rings. The number of halogens is 1. The zero-order chi connectivity index (χ0) is 15.5. The van der Waals surface area contributed by atoms with Crippen molar-refractivity contribution in [1.82, 2.24) is 4.72 Å². The van der Waals surface area contributed by atoms with Crippen LogP contribution in [0.2, 0.25) is 0 Å². The van der Waals surface area contributed by atoms with E-state index in [2.05, 4.69) is 4.72 Å². The molecule has 0 aliphatic heterocycles. The summed E-state index contributed by atoms with van der Waals surface area (Å²) in [7, 11) is -3.78. The summed E-state index contributed by atoms with van der Waals surface area (Å²) >= 11 is 0. The van der Waals surface area contributed by atoms with E-state index in [1.54, 1.807) is 24.3 Å². The summed E-state index contributed by atoms with van der Waals surface area (Å²) in [5.41, 5.74) is 1.52. The van der Waals surface area contributed by atoms with Crippen molar-refractivity contribution in [2.24, 2.45) is 0 Å². The van der Waals surface area contributed by atoms with Crippen LogP contribution in [-0.4, -0.2) is 13.5 Å². The third-order valence-electron chi connectivity index (χ3n) is 3.15. The van der Waals surface area contributed by atoms with Crippen molar-refractivity contribution in [3.63, 3.8) is 0 Å². The molecule has 2 aromatic carbocycles. The maximum Gasteiger partial charge on any atom is 0.241 e. The van der Waals surface area contributed by atoms with Crippen molar-refractivity contribution in [3.05, 3.63) is 65.0 Å². The average Bonchev–Trinajstić information content (AvgIpc) is 2.48. The van der Waals surface area contributed by atoms with Crippen LogP contribution in [0.15, 0.2) is 47.4 Å². The predicted molar refractivity (Wildman–Crippen MR) is 77.5 cm³/mol. The fourth-order valence-corrected chi connectivity index (χ4v) is 3.24. The van der Waals surface area contributed by atoms with Crippen molar-refractivity contribution < 1.29 is 17.9 Å². The summed E-state index contributed by atoms with van der Waals surface area (Å²) in [6, 6.07) is 10.9. The molecule has 0 amide bonds. The highest BCUT2D eigenvalue weighted by atomic mass is 32.2. The van der Waals surface area contributed by atoms with E-state index < -0.39 is 15.8 Å². The second-order valence-corrected chi connectivity index (χ2v) is 6.40. The Kier molecular flexibility index (Phi) is 4.72. The van der Waals surface area contributed by atoms with E-state index in [1.807, 2.05) is 0 Å². The number of sulfonamides is 1. The van der Waals surface area contributed by atoms with Gasteiger partial charge in [-0.1, -0.05) is 30.3 Å². The molecule has 0 radical (unpaired) electrons. The van der Waals surface area contributed by atoms with Gasteiger partial charge in [-0.3, -0.25) is 0 Å². The summed E-state index contributed by atoms with van der Waals surface area (Å²) in [5, 5.41) is 9.05. The molecule has 0 unspecified atom stereocenters. The molecular weight excluding hydrogens is 293 g/mol. The van der Waals surface area contributed by atoms with Crippen LogP contribution in [0.3, 0.4) is 0 Å². The highest BCUT2D eigenvalue weighted by molar-refractivity contribution is 7.89. The molecule has 0 saturated heterocycles. The molecular formula is C15H16FNO3S. The van der Waals surface area contributed by atoms with E-state index in [4.69, 9.17) is 5.11 Å². The first-order valence-electron chi connectivity index (χ1n) is 6.37. The van der Waals surface area contributed by atoms with Crippen molar-refractivity contribution >= 4 is 10.0 Å². The topological polar surface area (TPSA) is 66.4 Å². The maximum atomic E-state index is 13.5. The average molecular weight is 309 g/mol. The smallest absolute Gasteiger partial charge is 0.241 e. The Balaban J connectivity index is 2.20. The van der Waals surface area contributed by atoms with Gasteiger partial charge in [0.25, 0.3) is 0 Å². The van der Waals surface area contributed by atoms with Crippen LogP contribution in [0.1, 0.15) is 16.7 Å². The molecule has 0 aliphatic carbocycles. The van der Waals surface area contributed by atoms with Gasteiger partial charge in [-0.15, -0.1) is 0 Å². The van der Waals surface area contributed by atoms with Gasteiger partial charge in [0.2, 0.25) is 10.0 Å². The monoisotopic (exact) mass is 309 g/mol. The van der Waals surface area contributed by atoms with Gasteiger partial charge in [-0.2, -0.15) is 0 Å². The summed E-state index contributed by atoms with van der Waals surface area (Å²) in [4.78, 5) is -0.0687. The first-order chi connectivity index (χ1) is 9.94. The molecule has 21 heavy (non-hydrogen) atoms. The lowest BCUT2D eigenvalue weighted by Gasteiger charge is -2.10. The number of hydrogen-bond donors (Lipinski definition) is 2. The SMILES string of the molecule is Cc1c(F)cccc1S(=O)(=O)NCc1cccc(CO)c1. The predicted octanol–water partition coefficient (Wildman–Crippen LogP) is 2.10. The zero-order valence-corrected chi connectivity index (χ0v) is 12.3. The minimum Gasteiger partial charge on any atom is -0.392 e. The van der Waals surface area contributed by atoms with Gasteiger partial charge < -0.3 is 5.11 Å². The molecule has 0 fully saturated rings. The van der Waals surface area contributed by atoms with Crippen molar-refractivity contribution in [2.45, 2.75) is 25.0 Å². The van der Waals surface area contributed by atoms with Gasteiger partial charge in [0.05, 0.1) is 11.5 Å². The fraction of sp³-hybridized carbons (Fsp3) is 0.200. The number of benzene rings is 2. The Morgan fingerprint density at radius 2 is 1.81 bits per heavy atom. The van der Waals surface area contributed by atoms with Gasteiger partial charge in [0, 0.05) is 12.1 Å². The lowest BCUT2D eigenvalue weighted by molar-refractivity contribution is 0.281. The second-order valence-electron chi connectivity index (χ2n) is 4.67. The first-order valence-corrected chi connectivity index (χ1v) is 7.86. The van der Waals surface area contributed by atoms with Gasteiger partial charge in [-0.05, 0) is 30.2 Å².